The van der Waals surface area contributed by atoms with E-state index in [0.717, 1.165) is 38.5 Å². The summed E-state index contributed by atoms with van der Waals surface area (Å²) >= 11 is 0. The Morgan fingerprint density at radius 2 is 1.02 bits per heavy atom. The molecule has 3 atom stereocenters. The second-order valence-electron chi connectivity index (χ2n) is 14.6. The molecule has 8 nitrogen and oxygen atoms in total. The molecule has 9 heteroatoms. The highest BCUT2D eigenvalue weighted by atomic mass is 31.2. The first kappa shape index (κ1) is 49.2. The van der Waals surface area contributed by atoms with Gasteiger partial charge in [0, 0.05) is 13.0 Å². The van der Waals surface area contributed by atoms with Gasteiger partial charge in [-0.25, -0.2) is 4.57 Å². The molecule has 0 aromatic heterocycles. The van der Waals surface area contributed by atoms with Crippen molar-refractivity contribution in [1.82, 2.24) is 5.32 Å². The van der Waals surface area contributed by atoms with Gasteiger partial charge in [0.15, 0.2) is 0 Å². The average Bonchev–Trinajstić information content (AvgIpc) is 3.10. The van der Waals surface area contributed by atoms with Crippen molar-refractivity contribution in [3.05, 3.63) is 12.2 Å². The Balaban J connectivity index is 4.14. The molecule has 0 bridgehead atoms. The highest BCUT2D eigenvalue weighted by Crippen LogP contribution is 2.43. The van der Waals surface area contributed by atoms with Gasteiger partial charge < -0.3 is 21.1 Å². The zero-order valence-corrected chi connectivity index (χ0v) is 33.8. The lowest BCUT2D eigenvalue weighted by molar-refractivity contribution is -0.123. The van der Waals surface area contributed by atoms with Gasteiger partial charge >= 0.3 is 7.82 Å². The molecule has 0 aromatic carbocycles. The maximum absolute atomic E-state index is 12.7. The minimum atomic E-state index is -4.33. The van der Waals surface area contributed by atoms with Crippen LogP contribution in [0.25, 0.3) is 0 Å². The topological polar surface area (TPSA) is 131 Å². The van der Waals surface area contributed by atoms with E-state index >= 15 is 0 Å². The van der Waals surface area contributed by atoms with Crippen LogP contribution in [-0.4, -0.2) is 47.8 Å². The summed E-state index contributed by atoms with van der Waals surface area (Å²) in [4.78, 5) is 22.7. The van der Waals surface area contributed by atoms with Crippen molar-refractivity contribution in [3.63, 3.8) is 0 Å². The van der Waals surface area contributed by atoms with Gasteiger partial charge in [-0.1, -0.05) is 199 Å². The number of carbonyl (C=O) groups excluding carboxylic acids is 1. The number of nitrogens with one attached hydrogen (secondary N) is 1. The Morgan fingerprint density at radius 3 is 1.42 bits per heavy atom. The third-order valence-corrected chi connectivity index (χ3v) is 10.6. The minimum Gasteiger partial charge on any atom is -0.387 e. The number of carbonyl (C=O) groups is 1. The summed E-state index contributed by atoms with van der Waals surface area (Å²) in [7, 11) is -4.33. The van der Waals surface area contributed by atoms with E-state index in [1.165, 1.54) is 154 Å². The number of allylic oxidation sites excluding steroid dienone is 1. The van der Waals surface area contributed by atoms with Crippen LogP contribution in [0.4, 0.5) is 0 Å². The largest absolute Gasteiger partial charge is 0.472 e. The van der Waals surface area contributed by atoms with Crippen LogP contribution < -0.4 is 11.1 Å². The zero-order chi connectivity index (χ0) is 36.8. The molecule has 50 heavy (non-hydrogen) atoms. The number of hydrogen-bond donors (Lipinski definition) is 4. The Hall–Kier alpha value is -0.760. The SMILES string of the molecule is CCCCCCCCCCCC/C=C/C(O)C(COP(=O)(O)OCCN)NC(=O)CCCCCCCCCCCCCCCCCCCCC. The fourth-order valence-electron chi connectivity index (χ4n) is 6.37. The number of aliphatic hydroxyl groups is 1. The molecule has 3 unspecified atom stereocenters. The summed E-state index contributed by atoms with van der Waals surface area (Å²) in [6.07, 6.45) is 41.1. The molecule has 5 N–H and O–H groups in total. The van der Waals surface area contributed by atoms with Crippen LogP contribution >= 0.6 is 7.82 Å². The first-order valence-electron chi connectivity index (χ1n) is 21.3. The molecule has 0 aliphatic heterocycles. The van der Waals surface area contributed by atoms with Gasteiger partial charge in [0.2, 0.25) is 5.91 Å². The number of nitrogens with two attached hydrogens (primary N) is 1. The lowest BCUT2D eigenvalue weighted by atomic mass is 10.0. The summed E-state index contributed by atoms with van der Waals surface area (Å²) in [5, 5.41) is 13.6. The van der Waals surface area contributed by atoms with Crippen molar-refractivity contribution in [2.24, 2.45) is 5.73 Å². The van der Waals surface area contributed by atoms with Crippen molar-refractivity contribution in [1.29, 1.82) is 0 Å². The van der Waals surface area contributed by atoms with Gasteiger partial charge in [0.1, 0.15) is 0 Å². The van der Waals surface area contributed by atoms with E-state index in [0.29, 0.717) is 6.42 Å². The summed E-state index contributed by atoms with van der Waals surface area (Å²) in [6, 6.07) is -0.853. The molecule has 0 rings (SSSR count). The molecule has 298 valence electrons. The second-order valence-corrected chi connectivity index (χ2v) is 16.0. The maximum Gasteiger partial charge on any atom is 0.472 e. The molecule has 0 heterocycles. The van der Waals surface area contributed by atoms with E-state index in [4.69, 9.17) is 14.8 Å². The second kappa shape index (κ2) is 38.0. The van der Waals surface area contributed by atoms with Crippen LogP contribution in [0.1, 0.15) is 213 Å². The Bertz CT molecular complexity index is 799. The minimum absolute atomic E-state index is 0.0812. The van der Waals surface area contributed by atoms with Crippen LogP contribution in [0.5, 0.6) is 0 Å². The van der Waals surface area contributed by atoms with E-state index in [-0.39, 0.29) is 25.7 Å². The maximum atomic E-state index is 12.7. The predicted molar refractivity (Wildman–Crippen MR) is 212 cm³/mol. The number of rotatable bonds is 40. The van der Waals surface area contributed by atoms with Crippen LogP contribution in [-0.2, 0) is 18.4 Å². The highest BCUT2D eigenvalue weighted by molar-refractivity contribution is 7.47. The number of hydrogen-bond acceptors (Lipinski definition) is 6. The van der Waals surface area contributed by atoms with Crippen LogP contribution in [0, 0.1) is 0 Å². The fraction of sp³-hybridized carbons (Fsp3) is 0.927. The monoisotopic (exact) mass is 731 g/mol. The van der Waals surface area contributed by atoms with Crippen molar-refractivity contribution in [2.75, 3.05) is 19.8 Å². The van der Waals surface area contributed by atoms with E-state index < -0.39 is 20.0 Å². The van der Waals surface area contributed by atoms with Crippen molar-refractivity contribution in [2.45, 2.75) is 225 Å². The number of phosphoric acid groups is 1. The fourth-order valence-corrected chi connectivity index (χ4v) is 7.13. The molecule has 0 spiro atoms. The summed E-state index contributed by atoms with van der Waals surface area (Å²) in [5.41, 5.74) is 5.36. The molecular weight excluding hydrogens is 647 g/mol. The molecule has 0 radical (unpaired) electrons. The molecule has 0 fully saturated rings. The summed E-state index contributed by atoms with van der Waals surface area (Å²) in [5.74, 6) is -0.191. The molecule has 1 amide bonds. The Morgan fingerprint density at radius 1 is 0.640 bits per heavy atom. The highest BCUT2D eigenvalue weighted by Gasteiger charge is 2.26. The van der Waals surface area contributed by atoms with Crippen LogP contribution in [0.15, 0.2) is 12.2 Å². The van der Waals surface area contributed by atoms with Crippen molar-refractivity contribution < 1.29 is 28.4 Å². The number of amides is 1. The third-order valence-electron chi connectivity index (χ3n) is 9.61. The van der Waals surface area contributed by atoms with Gasteiger partial charge in [-0.05, 0) is 19.3 Å². The Labute approximate surface area is 309 Å². The number of unbranched alkanes of at least 4 members (excludes halogenated alkanes) is 28. The summed E-state index contributed by atoms with van der Waals surface area (Å²) in [6.45, 7) is 4.14. The van der Waals surface area contributed by atoms with E-state index in [1.807, 2.05) is 6.08 Å². The van der Waals surface area contributed by atoms with Gasteiger partial charge in [-0.15, -0.1) is 0 Å². The zero-order valence-electron chi connectivity index (χ0n) is 32.9. The van der Waals surface area contributed by atoms with Gasteiger partial charge in [0.25, 0.3) is 0 Å². The number of aliphatic hydroxyl groups excluding tert-OH is 1. The van der Waals surface area contributed by atoms with Crippen LogP contribution in [0.3, 0.4) is 0 Å². The lowest BCUT2D eigenvalue weighted by Crippen LogP contribution is -2.45. The molecule has 0 aliphatic carbocycles. The van der Waals surface area contributed by atoms with Crippen molar-refractivity contribution in [3.8, 4) is 0 Å². The molecule has 0 saturated heterocycles. The molecule has 0 saturated carbocycles. The van der Waals surface area contributed by atoms with E-state index in [9.17, 15) is 19.4 Å². The van der Waals surface area contributed by atoms with Crippen molar-refractivity contribution >= 4 is 13.7 Å². The molecule has 0 aromatic rings. The van der Waals surface area contributed by atoms with Gasteiger partial charge in [-0.3, -0.25) is 13.8 Å². The van der Waals surface area contributed by atoms with Gasteiger partial charge in [0.05, 0.1) is 25.4 Å². The lowest BCUT2D eigenvalue weighted by Gasteiger charge is -2.23. The normalized spacial score (nSPS) is 14.3. The standard InChI is InChI=1S/C41H83N2O6P/c1-3-5-7-9-11-13-15-17-18-19-20-21-22-23-25-27-29-31-33-35-41(45)43-39(38-49-50(46,47)48-37-36-42)40(44)34-32-30-28-26-24-16-14-12-10-8-6-4-2/h32,34,39-40,44H,3-31,33,35-38,42H2,1-2H3,(H,43,45)(H,46,47)/b34-32+. The first-order chi connectivity index (χ1) is 24.4. The average molecular weight is 731 g/mol. The van der Waals surface area contributed by atoms with E-state index in [2.05, 4.69) is 19.2 Å². The summed E-state index contributed by atoms with van der Waals surface area (Å²) < 4.78 is 22.1. The predicted octanol–water partition coefficient (Wildman–Crippen LogP) is 11.6. The van der Waals surface area contributed by atoms with Crippen LogP contribution in [0.2, 0.25) is 0 Å². The number of phosphoric ester groups is 1. The van der Waals surface area contributed by atoms with Gasteiger partial charge in [-0.2, -0.15) is 0 Å². The third kappa shape index (κ3) is 35.6. The molecule has 0 aliphatic rings. The smallest absolute Gasteiger partial charge is 0.387 e. The first-order valence-corrected chi connectivity index (χ1v) is 22.8. The Kier molecular flexibility index (Phi) is 37.4. The molecular formula is C41H83N2O6P. The van der Waals surface area contributed by atoms with E-state index in [1.54, 1.807) is 6.08 Å². The quantitative estimate of drug-likeness (QED) is 0.0280.